The van der Waals surface area contributed by atoms with Crippen molar-refractivity contribution in [3.8, 4) is 5.75 Å². The van der Waals surface area contributed by atoms with Gasteiger partial charge in [-0.05, 0) is 24.6 Å². The van der Waals surface area contributed by atoms with Crippen molar-refractivity contribution in [2.75, 3.05) is 26.3 Å². The molecule has 2 rings (SSSR count). The summed E-state index contributed by atoms with van der Waals surface area (Å²) in [7, 11) is 0. The lowest BCUT2D eigenvalue weighted by molar-refractivity contribution is -0.137. The molecule has 1 aliphatic rings. The predicted molar refractivity (Wildman–Crippen MR) is 68.5 cm³/mol. The van der Waals surface area contributed by atoms with Gasteiger partial charge in [0.2, 0.25) is 5.91 Å². The standard InChI is InChI=1S/C14H19NO3/c1-2-18-13-5-3-11(4-6-13)7-14(17)15-8-12(9-15)10-16/h3-6,12,16H,2,7-10H2,1H3. The lowest BCUT2D eigenvalue weighted by atomic mass is 10.00. The van der Waals surface area contributed by atoms with E-state index in [0.29, 0.717) is 26.1 Å². The maximum atomic E-state index is 11.9. The van der Waals surface area contributed by atoms with Crippen LogP contribution in [0.15, 0.2) is 24.3 Å². The molecule has 0 atom stereocenters. The second-order valence-electron chi connectivity index (χ2n) is 4.60. The summed E-state index contributed by atoms with van der Waals surface area (Å²) in [6.07, 6.45) is 0.421. The lowest BCUT2D eigenvalue weighted by Gasteiger charge is -2.38. The van der Waals surface area contributed by atoms with Crippen LogP contribution in [0.3, 0.4) is 0 Å². The van der Waals surface area contributed by atoms with Crippen LogP contribution < -0.4 is 4.74 Å². The number of aliphatic hydroxyl groups excluding tert-OH is 1. The number of hydrogen-bond donors (Lipinski definition) is 1. The summed E-state index contributed by atoms with van der Waals surface area (Å²) in [5.41, 5.74) is 0.996. The van der Waals surface area contributed by atoms with E-state index in [9.17, 15) is 4.79 Å². The Morgan fingerprint density at radius 1 is 1.39 bits per heavy atom. The summed E-state index contributed by atoms with van der Waals surface area (Å²) in [5.74, 6) is 1.23. The first-order valence-corrected chi connectivity index (χ1v) is 6.33. The third-order valence-corrected chi connectivity index (χ3v) is 3.16. The van der Waals surface area contributed by atoms with Crippen molar-refractivity contribution in [2.24, 2.45) is 5.92 Å². The van der Waals surface area contributed by atoms with Gasteiger partial charge in [0.05, 0.1) is 13.0 Å². The predicted octanol–water partition coefficient (Wildman–Crippen LogP) is 1.08. The van der Waals surface area contributed by atoms with E-state index >= 15 is 0 Å². The smallest absolute Gasteiger partial charge is 0.227 e. The van der Waals surface area contributed by atoms with Gasteiger partial charge >= 0.3 is 0 Å². The fraction of sp³-hybridized carbons (Fsp3) is 0.500. The summed E-state index contributed by atoms with van der Waals surface area (Å²) >= 11 is 0. The van der Waals surface area contributed by atoms with Gasteiger partial charge < -0.3 is 14.7 Å². The van der Waals surface area contributed by atoms with Gasteiger partial charge in [0.1, 0.15) is 5.75 Å². The molecule has 1 aromatic rings. The highest BCUT2D eigenvalue weighted by Crippen LogP contribution is 2.17. The van der Waals surface area contributed by atoms with Gasteiger partial charge in [-0.3, -0.25) is 4.79 Å². The topological polar surface area (TPSA) is 49.8 Å². The largest absolute Gasteiger partial charge is 0.494 e. The van der Waals surface area contributed by atoms with Gasteiger partial charge in [-0.25, -0.2) is 0 Å². The molecule has 0 bridgehead atoms. The minimum absolute atomic E-state index is 0.129. The molecular weight excluding hydrogens is 230 g/mol. The van der Waals surface area contributed by atoms with Crippen molar-refractivity contribution in [1.29, 1.82) is 0 Å². The van der Waals surface area contributed by atoms with Crippen LogP contribution in [0.4, 0.5) is 0 Å². The summed E-state index contributed by atoms with van der Waals surface area (Å²) in [6.45, 7) is 4.14. The first kappa shape index (κ1) is 12.9. The molecule has 1 saturated heterocycles. The molecular formula is C14H19NO3. The number of amides is 1. The average Bonchev–Trinajstić information content (AvgIpc) is 2.31. The highest BCUT2D eigenvalue weighted by molar-refractivity contribution is 5.79. The molecule has 1 fully saturated rings. The Hall–Kier alpha value is -1.55. The Balaban J connectivity index is 1.84. The molecule has 1 amide bonds. The minimum atomic E-state index is 0.129. The van der Waals surface area contributed by atoms with E-state index < -0.39 is 0 Å². The van der Waals surface area contributed by atoms with E-state index in [1.807, 2.05) is 31.2 Å². The molecule has 4 nitrogen and oxygen atoms in total. The Kier molecular flexibility index (Phi) is 4.20. The molecule has 1 heterocycles. The number of ether oxygens (including phenoxy) is 1. The van der Waals surface area contributed by atoms with Gasteiger partial charge in [0.25, 0.3) is 0 Å². The van der Waals surface area contributed by atoms with Crippen LogP contribution in [0, 0.1) is 5.92 Å². The SMILES string of the molecule is CCOc1ccc(CC(=O)N2CC(CO)C2)cc1. The quantitative estimate of drug-likeness (QED) is 0.849. The molecule has 0 aromatic heterocycles. The zero-order valence-corrected chi connectivity index (χ0v) is 10.6. The van der Waals surface area contributed by atoms with Crippen molar-refractivity contribution >= 4 is 5.91 Å². The van der Waals surface area contributed by atoms with Gasteiger partial charge in [-0.15, -0.1) is 0 Å². The highest BCUT2D eigenvalue weighted by Gasteiger charge is 2.29. The van der Waals surface area contributed by atoms with Crippen molar-refractivity contribution in [3.05, 3.63) is 29.8 Å². The van der Waals surface area contributed by atoms with Gasteiger partial charge in [-0.1, -0.05) is 12.1 Å². The molecule has 0 spiro atoms. The molecule has 1 aromatic carbocycles. The van der Waals surface area contributed by atoms with Crippen molar-refractivity contribution in [2.45, 2.75) is 13.3 Å². The number of carbonyl (C=O) groups excluding carboxylic acids is 1. The van der Waals surface area contributed by atoms with Crippen LogP contribution in [-0.4, -0.2) is 42.2 Å². The average molecular weight is 249 g/mol. The molecule has 4 heteroatoms. The fourth-order valence-corrected chi connectivity index (χ4v) is 2.05. The van der Waals surface area contributed by atoms with Crippen LogP contribution in [-0.2, 0) is 11.2 Å². The zero-order chi connectivity index (χ0) is 13.0. The molecule has 0 saturated carbocycles. The molecule has 18 heavy (non-hydrogen) atoms. The van der Waals surface area contributed by atoms with E-state index in [1.165, 1.54) is 0 Å². The summed E-state index contributed by atoms with van der Waals surface area (Å²) in [5, 5.41) is 8.90. The first-order valence-electron chi connectivity index (χ1n) is 6.33. The Morgan fingerprint density at radius 3 is 2.61 bits per heavy atom. The van der Waals surface area contributed by atoms with E-state index in [4.69, 9.17) is 9.84 Å². The third kappa shape index (κ3) is 3.01. The van der Waals surface area contributed by atoms with E-state index in [2.05, 4.69) is 0 Å². The fourth-order valence-electron chi connectivity index (χ4n) is 2.05. The van der Waals surface area contributed by atoms with Crippen molar-refractivity contribution in [1.82, 2.24) is 4.90 Å². The molecule has 0 radical (unpaired) electrons. The third-order valence-electron chi connectivity index (χ3n) is 3.16. The Labute approximate surface area is 107 Å². The van der Waals surface area contributed by atoms with Crippen LogP contribution in [0.5, 0.6) is 5.75 Å². The molecule has 1 aliphatic heterocycles. The number of nitrogens with zero attached hydrogens (tertiary/aromatic N) is 1. The second kappa shape index (κ2) is 5.87. The monoisotopic (exact) mass is 249 g/mol. The Morgan fingerprint density at radius 2 is 2.06 bits per heavy atom. The van der Waals surface area contributed by atoms with E-state index in [-0.39, 0.29) is 18.4 Å². The maximum absolute atomic E-state index is 11.9. The highest BCUT2D eigenvalue weighted by atomic mass is 16.5. The van der Waals surface area contributed by atoms with Gasteiger partial charge in [0.15, 0.2) is 0 Å². The van der Waals surface area contributed by atoms with Crippen molar-refractivity contribution < 1.29 is 14.6 Å². The maximum Gasteiger partial charge on any atom is 0.227 e. The first-order chi connectivity index (χ1) is 8.72. The molecule has 1 N–H and O–H groups in total. The zero-order valence-electron chi connectivity index (χ0n) is 10.6. The number of hydrogen-bond acceptors (Lipinski definition) is 3. The summed E-state index contributed by atoms with van der Waals surface area (Å²) in [6, 6.07) is 7.62. The number of carbonyl (C=O) groups is 1. The lowest BCUT2D eigenvalue weighted by Crippen LogP contribution is -2.51. The van der Waals surface area contributed by atoms with Crippen LogP contribution >= 0.6 is 0 Å². The normalized spacial score (nSPS) is 15.3. The number of aliphatic hydroxyl groups is 1. The second-order valence-corrected chi connectivity index (χ2v) is 4.60. The van der Waals surface area contributed by atoms with E-state index in [1.54, 1.807) is 4.90 Å². The summed E-state index contributed by atoms with van der Waals surface area (Å²) < 4.78 is 5.35. The number of likely N-dealkylation sites (tertiary alicyclic amines) is 1. The van der Waals surface area contributed by atoms with Crippen LogP contribution in [0.1, 0.15) is 12.5 Å². The number of rotatable bonds is 5. The Bertz CT molecular complexity index is 396. The van der Waals surface area contributed by atoms with Crippen LogP contribution in [0.25, 0.3) is 0 Å². The van der Waals surface area contributed by atoms with Gasteiger partial charge in [-0.2, -0.15) is 0 Å². The summed E-state index contributed by atoms with van der Waals surface area (Å²) in [4.78, 5) is 13.7. The van der Waals surface area contributed by atoms with Crippen LogP contribution in [0.2, 0.25) is 0 Å². The number of benzene rings is 1. The molecule has 98 valence electrons. The van der Waals surface area contributed by atoms with E-state index in [0.717, 1.165) is 11.3 Å². The molecule has 0 aliphatic carbocycles. The minimum Gasteiger partial charge on any atom is -0.494 e. The van der Waals surface area contributed by atoms with Gasteiger partial charge in [0, 0.05) is 25.6 Å². The van der Waals surface area contributed by atoms with Crippen molar-refractivity contribution in [3.63, 3.8) is 0 Å². The molecule has 0 unspecified atom stereocenters.